The van der Waals surface area contributed by atoms with Crippen molar-refractivity contribution in [2.24, 2.45) is 0 Å². The minimum atomic E-state index is -1.03. The lowest BCUT2D eigenvalue weighted by Gasteiger charge is -2.14. The number of carbonyl (C=O) groups is 2. The van der Waals surface area contributed by atoms with E-state index in [1.165, 1.54) is 19.2 Å². The molecule has 0 fully saturated rings. The summed E-state index contributed by atoms with van der Waals surface area (Å²) in [7, 11) is 0. The van der Waals surface area contributed by atoms with Crippen molar-refractivity contribution in [3.8, 4) is 5.75 Å². The quantitative estimate of drug-likeness (QED) is 0.764. The van der Waals surface area contributed by atoms with Gasteiger partial charge in [0.05, 0.1) is 22.2 Å². The fraction of sp³-hybridized carbons (Fsp3) is 0.235. The summed E-state index contributed by atoms with van der Waals surface area (Å²) in [5.74, 6) is -0.398. The highest BCUT2D eigenvalue weighted by Gasteiger charge is 2.20. The van der Waals surface area contributed by atoms with Crippen LogP contribution in [0.4, 0.5) is 5.82 Å². The highest BCUT2D eigenvalue weighted by atomic mass is 35.5. The second-order valence-corrected chi connectivity index (χ2v) is 5.82. The van der Waals surface area contributed by atoms with Crippen molar-refractivity contribution in [3.63, 3.8) is 0 Å². The Morgan fingerprint density at radius 3 is 2.52 bits per heavy atom. The van der Waals surface area contributed by atoms with Gasteiger partial charge in [0.1, 0.15) is 5.75 Å². The Bertz CT molecular complexity index is 766. The van der Waals surface area contributed by atoms with Gasteiger partial charge < -0.3 is 14.8 Å². The predicted molar refractivity (Wildman–Crippen MR) is 95.4 cm³/mol. The molecule has 0 aliphatic carbocycles. The van der Waals surface area contributed by atoms with E-state index in [2.05, 4.69) is 10.3 Å². The van der Waals surface area contributed by atoms with Crippen molar-refractivity contribution in [2.75, 3.05) is 11.9 Å². The van der Waals surface area contributed by atoms with E-state index in [1.54, 1.807) is 24.3 Å². The van der Waals surface area contributed by atoms with E-state index in [-0.39, 0.29) is 10.8 Å². The molecule has 0 aliphatic heterocycles. The average molecular weight is 383 g/mol. The van der Waals surface area contributed by atoms with Gasteiger partial charge in [-0.25, -0.2) is 9.78 Å². The van der Waals surface area contributed by atoms with E-state index in [1.807, 2.05) is 6.92 Å². The summed E-state index contributed by atoms with van der Waals surface area (Å²) in [6.45, 7) is 3.85. The van der Waals surface area contributed by atoms with E-state index in [4.69, 9.17) is 32.7 Å². The highest BCUT2D eigenvalue weighted by Crippen LogP contribution is 2.22. The molecule has 0 radical (unpaired) electrons. The maximum atomic E-state index is 12.1. The number of halogens is 2. The zero-order valence-corrected chi connectivity index (χ0v) is 15.1. The third-order valence-electron chi connectivity index (χ3n) is 3.10. The summed E-state index contributed by atoms with van der Waals surface area (Å²) in [5.41, 5.74) is 0.311. The molecule has 1 N–H and O–H groups in total. The number of anilines is 1. The van der Waals surface area contributed by atoms with Crippen LogP contribution in [0.5, 0.6) is 5.75 Å². The van der Waals surface area contributed by atoms with Crippen LogP contribution >= 0.6 is 23.2 Å². The van der Waals surface area contributed by atoms with E-state index >= 15 is 0 Å². The van der Waals surface area contributed by atoms with Gasteiger partial charge in [-0.3, -0.25) is 4.79 Å². The Balaban J connectivity index is 1.96. The van der Waals surface area contributed by atoms with Gasteiger partial charge in [0, 0.05) is 6.20 Å². The zero-order chi connectivity index (χ0) is 18.4. The van der Waals surface area contributed by atoms with Gasteiger partial charge in [-0.1, -0.05) is 23.2 Å². The standard InChI is InChI=1S/C17H16Cl2N2O4/c1-3-24-13-6-4-11(5-7-13)17(23)25-10(2)16(22)21-15-14(19)8-12(18)9-20-15/h4-10H,3H2,1-2H3,(H,20,21,22)/t10-/m0/s1. The number of hydrogen-bond acceptors (Lipinski definition) is 5. The van der Waals surface area contributed by atoms with Crippen LogP contribution < -0.4 is 10.1 Å². The zero-order valence-electron chi connectivity index (χ0n) is 13.6. The summed E-state index contributed by atoms with van der Waals surface area (Å²) in [5, 5.41) is 3.01. The van der Waals surface area contributed by atoms with Crippen LogP contribution in [0.2, 0.25) is 10.0 Å². The number of esters is 1. The largest absolute Gasteiger partial charge is 0.494 e. The van der Waals surface area contributed by atoms with Crippen molar-refractivity contribution in [1.82, 2.24) is 4.98 Å². The number of amides is 1. The molecule has 1 amide bonds. The number of aromatic nitrogens is 1. The number of rotatable bonds is 6. The van der Waals surface area contributed by atoms with Crippen molar-refractivity contribution in [1.29, 1.82) is 0 Å². The second-order valence-electron chi connectivity index (χ2n) is 4.98. The van der Waals surface area contributed by atoms with Gasteiger partial charge in [-0.05, 0) is 44.2 Å². The summed E-state index contributed by atoms with van der Waals surface area (Å²) < 4.78 is 10.4. The lowest BCUT2D eigenvalue weighted by atomic mass is 10.2. The maximum absolute atomic E-state index is 12.1. The first kappa shape index (κ1) is 19.0. The van der Waals surface area contributed by atoms with Crippen LogP contribution in [0.1, 0.15) is 24.2 Å². The van der Waals surface area contributed by atoms with E-state index in [0.29, 0.717) is 22.9 Å². The van der Waals surface area contributed by atoms with E-state index < -0.39 is 18.0 Å². The molecule has 1 aromatic heterocycles. The minimum Gasteiger partial charge on any atom is -0.494 e. The molecule has 1 atom stereocenters. The van der Waals surface area contributed by atoms with Crippen LogP contribution in [-0.4, -0.2) is 29.6 Å². The lowest BCUT2D eigenvalue weighted by Crippen LogP contribution is -2.30. The molecule has 1 heterocycles. The van der Waals surface area contributed by atoms with Gasteiger partial charge in [0.2, 0.25) is 0 Å². The lowest BCUT2D eigenvalue weighted by molar-refractivity contribution is -0.123. The Morgan fingerprint density at radius 1 is 1.24 bits per heavy atom. The first-order chi connectivity index (χ1) is 11.9. The molecule has 25 heavy (non-hydrogen) atoms. The summed E-state index contributed by atoms with van der Waals surface area (Å²) in [6, 6.07) is 7.89. The SMILES string of the molecule is CCOc1ccc(C(=O)O[C@@H](C)C(=O)Nc2ncc(Cl)cc2Cl)cc1. The van der Waals surface area contributed by atoms with Crippen molar-refractivity contribution in [3.05, 3.63) is 52.1 Å². The third kappa shape index (κ3) is 5.34. The van der Waals surface area contributed by atoms with Crippen molar-refractivity contribution >= 4 is 40.9 Å². The molecule has 0 bridgehead atoms. The number of nitrogens with one attached hydrogen (secondary N) is 1. The number of carbonyl (C=O) groups excluding carboxylic acids is 2. The first-order valence-corrected chi connectivity index (χ1v) is 8.22. The molecule has 0 saturated carbocycles. The summed E-state index contributed by atoms with van der Waals surface area (Å²) in [4.78, 5) is 28.1. The molecule has 6 nitrogen and oxygen atoms in total. The van der Waals surface area contributed by atoms with Crippen LogP contribution in [0.25, 0.3) is 0 Å². The van der Waals surface area contributed by atoms with Gasteiger partial charge >= 0.3 is 5.97 Å². The van der Waals surface area contributed by atoms with E-state index in [0.717, 1.165) is 0 Å². The number of ether oxygens (including phenoxy) is 2. The molecule has 8 heteroatoms. The average Bonchev–Trinajstić information content (AvgIpc) is 2.58. The van der Waals surface area contributed by atoms with Crippen LogP contribution in [-0.2, 0) is 9.53 Å². The van der Waals surface area contributed by atoms with Crippen LogP contribution in [0.3, 0.4) is 0 Å². The molecule has 1 aromatic carbocycles. The molecular formula is C17H16Cl2N2O4. The van der Waals surface area contributed by atoms with Gasteiger partial charge in [0.25, 0.3) is 5.91 Å². The van der Waals surface area contributed by atoms with Gasteiger partial charge in [0.15, 0.2) is 11.9 Å². The van der Waals surface area contributed by atoms with Gasteiger partial charge in [-0.15, -0.1) is 0 Å². The van der Waals surface area contributed by atoms with Crippen LogP contribution in [0.15, 0.2) is 36.5 Å². The summed E-state index contributed by atoms with van der Waals surface area (Å²) >= 11 is 11.7. The molecular weight excluding hydrogens is 367 g/mol. The molecule has 2 rings (SSSR count). The smallest absolute Gasteiger partial charge is 0.338 e. The topological polar surface area (TPSA) is 77.5 Å². The molecule has 2 aromatic rings. The molecule has 0 saturated heterocycles. The van der Waals surface area contributed by atoms with Crippen molar-refractivity contribution in [2.45, 2.75) is 20.0 Å². The Labute approximate surface area is 155 Å². The predicted octanol–water partition coefficient (Wildman–Crippen LogP) is 3.97. The third-order valence-corrected chi connectivity index (χ3v) is 3.60. The van der Waals surface area contributed by atoms with E-state index in [9.17, 15) is 9.59 Å². The second kappa shape index (κ2) is 8.69. The summed E-state index contributed by atoms with van der Waals surface area (Å²) in [6.07, 6.45) is 0.312. The maximum Gasteiger partial charge on any atom is 0.338 e. The Hall–Kier alpha value is -2.31. The fourth-order valence-electron chi connectivity index (χ4n) is 1.86. The Morgan fingerprint density at radius 2 is 1.92 bits per heavy atom. The monoisotopic (exact) mass is 382 g/mol. The molecule has 0 aliphatic rings. The normalized spacial score (nSPS) is 11.5. The number of benzene rings is 1. The molecule has 132 valence electrons. The number of hydrogen-bond donors (Lipinski definition) is 1. The van der Waals surface area contributed by atoms with Gasteiger partial charge in [-0.2, -0.15) is 0 Å². The number of nitrogens with zero attached hydrogens (tertiary/aromatic N) is 1. The number of pyridine rings is 1. The first-order valence-electron chi connectivity index (χ1n) is 7.46. The van der Waals surface area contributed by atoms with Crippen LogP contribution in [0, 0.1) is 0 Å². The highest BCUT2D eigenvalue weighted by molar-refractivity contribution is 6.36. The molecule has 0 unspecified atom stereocenters. The fourth-order valence-corrected chi connectivity index (χ4v) is 2.29. The van der Waals surface area contributed by atoms with Crippen molar-refractivity contribution < 1.29 is 19.1 Å². The molecule has 0 spiro atoms. The Kier molecular flexibility index (Phi) is 6.61. The minimum absolute atomic E-state index is 0.139.